The van der Waals surface area contributed by atoms with Gasteiger partial charge in [0.2, 0.25) is 5.88 Å². The molecule has 7 nitrogen and oxygen atoms in total. The molecule has 0 aliphatic heterocycles. The summed E-state index contributed by atoms with van der Waals surface area (Å²) in [5.41, 5.74) is 1.49. The Morgan fingerprint density at radius 1 is 1.16 bits per heavy atom. The van der Waals surface area contributed by atoms with Crippen LogP contribution in [0.4, 0.5) is 11.5 Å². The van der Waals surface area contributed by atoms with Gasteiger partial charge in [-0.05, 0) is 6.07 Å². The Bertz CT molecular complexity index is 523. The first-order valence-corrected chi connectivity index (χ1v) is 8.51. The summed E-state index contributed by atoms with van der Waals surface area (Å²) in [4.78, 5) is 14.0. The van der Waals surface area contributed by atoms with Crippen LogP contribution in [0.1, 0.15) is 51.0 Å². The number of anilines is 2. The van der Waals surface area contributed by atoms with Gasteiger partial charge >= 0.3 is 0 Å². The SMILES string of the molecule is CC.CCCC.CNc1cc(C=O)[nH]n1.CNc1ccnc(OC)c1. The molecule has 0 unspecified atom stereocenters. The molecule has 0 radical (unpaired) electrons. The molecule has 3 N–H and O–H groups in total. The maximum absolute atomic E-state index is 10.0. The van der Waals surface area contributed by atoms with E-state index in [0.717, 1.165) is 5.69 Å². The van der Waals surface area contributed by atoms with Crippen LogP contribution in [0.3, 0.4) is 0 Å². The zero-order valence-electron chi connectivity index (χ0n) is 16.5. The van der Waals surface area contributed by atoms with E-state index in [2.05, 4.69) is 39.7 Å². The van der Waals surface area contributed by atoms with Gasteiger partial charge in [0.05, 0.1) is 12.8 Å². The Morgan fingerprint density at radius 2 is 1.80 bits per heavy atom. The number of methoxy groups -OCH3 is 1. The number of pyridine rings is 1. The summed E-state index contributed by atoms with van der Waals surface area (Å²) in [7, 11) is 5.20. The summed E-state index contributed by atoms with van der Waals surface area (Å²) in [6, 6.07) is 5.34. The standard InChI is InChI=1S/C7H10N2O.C5H7N3O.C4H10.C2H6/c1-8-6-3-4-9-7(5-6)10-2;1-6-5-2-4(3-9)7-8-5;1-3-4-2;1-2/h3-5H,1-2H3,(H,8,9);2-3H,1H3,(H2,6,7,8);3-4H2,1-2H3;1-2H3. The van der Waals surface area contributed by atoms with Gasteiger partial charge in [-0.2, -0.15) is 5.10 Å². The number of nitrogens with zero attached hydrogens (tertiary/aromatic N) is 2. The van der Waals surface area contributed by atoms with Crippen molar-refractivity contribution < 1.29 is 9.53 Å². The second-order valence-corrected chi connectivity index (χ2v) is 4.41. The van der Waals surface area contributed by atoms with Crippen LogP contribution < -0.4 is 15.4 Å². The van der Waals surface area contributed by atoms with Crippen molar-refractivity contribution in [1.29, 1.82) is 0 Å². The first-order chi connectivity index (χ1) is 12.1. The maximum atomic E-state index is 10.0. The van der Waals surface area contributed by atoms with Gasteiger partial charge in [0.15, 0.2) is 6.29 Å². The van der Waals surface area contributed by atoms with Crippen LogP contribution >= 0.6 is 0 Å². The molecule has 0 bridgehead atoms. The van der Waals surface area contributed by atoms with E-state index >= 15 is 0 Å². The number of carbonyl (C=O) groups excluding carboxylic acids is 1. The summed E-state index contributed by atoms with van der Waals surface area (Å²) in [5, 5.41) is 12.0. The lowest BCUT2D eigenvalue weighted by Crippen LogP contribution is -1.91. The average Bonchev–Trinajstić information content (AvgIpc) is 3.18. The molecule has 2 aromatic heterocycles. The normalized spacial score (nSPS) is 8.28. The summed E-state index contributed by atoms with van der Waals surface area (Å²) in [6.45, 7) is 8.36. The lowest BCUT2D eigenvalue weighted by molar-refractivity contribution is 0.111. The first kappa shape index (κ1) is 24.7. The zero-order chi connectivity index (χ0) is 19.5. The van der Waals surface area contributed by atoms with E-state index in [-0.39, 0.29) is 0 Å². The highest BCUT2D eigenvalue weighted by molar-refractivity contribution is 5.73. The van der Waals surface area contributed by atoms with Crippen LogP contribution in [0.25, 0.3) is 0 Å². The Balaban J connectivity index is 0. The minimum absolute atomic E-state index is 0.486. The van der Waals surface area contributed by atoms with Crippen molar-refractivity contribution in [2.75, 3.05) is 31.8 Å². The molecule has 142 valence electrons. The summed E-state index contributed by atoms with van der Waals surface area (Å²) < 4.78 is 4.91. The molecule has 2 heterocycles. The lowest BCUT2D eigenvalue weighted by Gasteiger charge is -2.00. The number of ether oxygens (including phenoxy) is 1. The van der Waals surface area contributed by atoms with E-state index in [1.807, 2.05) is 33.0 Å². The van der Waals surface area contributed by atoms with Crippen molar-refractivity contribution in [3.63, 3.8) is 0 Å². The summed E-state index contributed by atoms with van der Waals surface area (Å²) in [5.74, 6) is 1.31. The van der Waals surface area contributed by atoms with Crippen LogP contribution in [-0.4, -0.2) is 42.7 Å². The van der Waals surface area contributed by atoms with E-state index in [1.165, 1.54) is 12.8 Å². The number of aromatic nitrogens is 3. The molecule has 0 aromatic carbocycles. The number of hydrogen-bond acceptors (Lipinski definition) is 6. The van der Waals surface area contributed by atoms with Crippen LogP contribution in [0.2, 0.25) is 0 Å². The number of carbonyl (C=O) groups is 1. The Morgan fingerprint density at radius 3 is 2.16 bits per heavy atom. The average molecular weight is 351 g/mol. The van der Waals surface area contributed by atoms with Gasteiger partial charge in [-0.15, -0.1) is 0 Å². The molecule has 2 rings (SSSR count). The molecule has 0 fully saturated rings. The molecule has 0 saturated heterocycles. The minimum atomic E-state index is 0.486. The number of aldehydes is 1. The Labute approximate surface area is 151 Å². The van der Waals surface area contributed by atoms with Crippen LogP contribution in [0.15, 0.2) is 24.4 Å². The summed E-state index contributed by atoms with van der Waals surface area (Å²) >= 11 is 0. The third-order valence-electron chi connectivity index (χ3n) is 2.71. The largest absolute Gasteiger partial charge is 0.481 e. The van der Waals surface area contributed by atoms with E-state index in [0.29, 0.717) is 23.7 Å². The van der Waals surface area contributed by atoms with E-state index in [4.69, 9.17) is 4.74 Å². The fourth-order valence-corrected chi connectivity index (χ4v) is 1.20. The van der Waals surface area contributed by atoms with Crippen molar-refractivity contribution >= 4 is 17.8 Å². The first-order valence-electron chi connectivity index (χ1n) is 8.51. The molecule has 0 aliphatic carbocycles. The molecular weight excluding hydrogens is 318 g/mol. The predicted octanol–water partition coefficient (Wildman–Crippen LogP) is 4.23. The third-order valence-corrected chi connectivity index (χ3v) is 2.71. The van der Waals surface area contributed by atoms with Crippen LogP contribution in [0, 0.1) is 0 Å². The van der Waals surface area contributed by atoms with E-state index in [1.54, 1.807) is 26.4 Å². The van der Waals surface area contributed by atoms with Crippen molar-refractivity contribution in [2.24, 2.45) is 0 Å². The van der Waals surface area contributed by atoms with Crippen molar-refractivity contribution in [1.82, 2.24) is 15.2 Å². The van der Waals surface area contributed by atoms with Crippen LogP contribution in [0.5, 0.6) is 5.88 Å². The minimum Gasteiger partial charge on any atom is -0.481 e. The Kier molecular flexibility index (Phi) is 17.6. The smallest absolute Gasteiger partial charge is 0.214 e. The molecule has 25 heavy (non-hydrogen) atoms. The van der Waals surface area contributed by atoms with E-state index in [9.17, 15) is 4.79 Å². The quantitative estimate of drug-likeness (QED) is 0.698. The number of hydrogen-bond donors (Lipinski definition) is 3. The highest BCUT2D eigenvalue weighted by Crippen LogP contribution is 2.11. The lowest BCUT2D eigenvalue weighted by atomic mass is 10.4. The zero-order valence-corrected chi connectivity index (χ0v) is 16.5. The number of nitrogens with one attached hydrogen (secondary N) is 3. The van der Waals surface area contributed by atoms with Gasteiger partial charge in [-0.3, -0.25) is 9.89 Å². The van der Waals surface area contributed by atoms with Crippen LogP contribution in [-0.2, 0) is 0 Å². The predicted molar refractivity (Wildman–Crippen MR) is 106 cm³/mol. The van der Waals surface area contributed by atoms with Crippen molar-refractivity contribution in [3.05, 3.63) is 30.1 Å². The number of H-pyrrole nitrogens is 1. The summed E-state index contributed by atoms with van der Waals surface area (Å²) in [6.07, 6.45) is 5.05. The second-order valence-electron chi connectivity index (χ2n) is 4.41. The molecular formula is C18H33N5O2. The van der Waals surface area contributed by atoms with Gasteiger partial charge in [-0.1, -0.05) is 40.5 Å². The highest BCUT2D eigenvalue weighted by Gasteiger charge is 1.94. The highest BCUT2D eigenvalue weighted by atomic mass is 16.5. The number of rotatable bonds is 5. The van der Waals surface area contributed by atoms with Gasteiger partial charge in [-0.25, -0.2) is 4.98 Å². The number of aromatic amines is 1. The third kappa shape index (κ3) is 12.5. The molecule has 7 heteroatoms. The fourth-order valence-electron chi connectivity index (χ4n) is 1.20. The molecule has 0 amide bonds. The maximum Gasteiger partial charge on any atom is 0.214 e. The Hall–Kier alpha value is -2.57. The molecule has 0 atom stereocenters. The topological polar surface area (TPSA) is 91.9 Å². The van der Waals surface area contributed by atoms with Gasteiger partial charge < -0.3 is 15.4 Å². The molecule has 0 spiro atoms. The van der Waals surface area contributed by atoms with E-state index < -0.39 is 0 Å². The monoisotopic (exact) mass is 351 g/mol. The number of unbranched alkanes of at least 4 members (excludes halogenated alkanes) is 1. The molecule has 0 aliphatic rings. The van der Waals surface area contributed by atoms with Gasteiger partial charge in [0.25, 0.3) is 0 Å². The fraction of sp³-hybridized carbons (Fsp3) is 0.500. The van der Waals surface area contributed by atoms with Gasteiger partial charge in [0, 0.05) is 38.1 Å². The molecule has 2 aromatic rings. The second kappa shape index (κ2) is 17.8. The van der Waals surface area contributed by atoms with Crippen molar-refractivity contribution in [2.45, 2.75) is 40.5 Å². The van der Waals surface area contributed by atoms with Crippen molar-refractivity contribution in [3.8, 4) is 5.88 Å². The molecule has 0 saturated carbocycles. The van der Waals surface area contributed by atoms with Gasteiger partial charge in [0.1, 0.15) is 5.82 Å².